The van der Waals surface area contributed by atoms with Gasteiger partial charge >= 0.3 is 0 Å². The summed E-state index contributed by atoms with van der Waals surface area (Å²) >= 11 is 0. The van der Waals surface area contributed by atoms with Crippen LogP contribution in [0.1, 0.15) is 22.3 Å². The van der Waals surface area contributed by atoms with Gasteiger partial charge in [-0.15, -0.1) is 0 Å². The molecule has 0 bridgehead atoms. The SMILES string of the molecule is O=C(COc1ccc2c(c1)C(=O)CC2)Nc1nc2ccccc2[nH]1. The summed E-state index contributed by atoms with van der Waals surface area (Å²) in [7, 11) is 0. The highest BCUT2D eigenvalue weighted by Gasteiger charge is 2.19. The average molecular weight is 321 g/mol. The molecule has 6 heteroatoms. The third-order valence-corrected chi connectivity index (χ3v) is 4.02. The van der Waals surface area contributed by atoms with Crippen LogP contribution in [0.4, 0.5) is 5.95 Å². The highest BCUT2D eigenvalue weighted by molar-refractivity contribution is 6.00. The monoisotopic (exact) mass is 321 g/mol. The molecule has 1 amide bonds. The molecule has 1 heterocycles. The Kier molecular flexibility index (Phi) is 3.49. The number of para-hydroxylation sites is 2. The maximum Gasteiger partial charge on any atom is 0.264 e. The number of aromatic nitrogens is 2. The minimum absolute atomic E-state index is 0.127. The molecule has 0 aliphatic heterocycles. The van der Waals surface area contributed by atoms with Crippen molar-refractivity contribution in [1.29, 1.82) is 0 Å². The van der Waals surface area contributed by atoms with Gasteiger partial charge in [0, 0.05) is 12.0 Å². The molecule has 1 aliphatic carbocycles. The number of aryl methyl sites for hydroxylation is 1. The Morgan fingerprint density at radius 2 is 2.08 bits per heavy atom. The number of H-pyrrole nitrogens is 1. The van der Waals surface area contributed by atoms with Crippen molar-refractivity contribution in [2.45, 2.75) is 12.8 Å². The third-order valence-electron chi connectivity index (χ3n) is 4.02. The molecule has 24 heavy (non-hydrogen) atoms. The number of imidazole rings is 1. The molecule has 120 valence electrons. The third kappa shape index (κ3) is 2.74. The number of aromatic amines is 1. The second kappa shape index (κ2) is 5.81. The van der Waals surface area contributed by atoms with E-state index in [9.17, 15) is 9.59 Å². The Labute approximate surface area is 137 Å². The van der Waals surface area contributed by atoms with Gasteiger partial charge in [-0.25, -0.2) is 4.98 Å². The highest BCUT2D eigenvalue weighted by atomic mass is 16.5. The van der Waals surface area contributed by atoms with E-state index >= 15 is 0 Å². The van der Waals surface area contributed by atoms with E-state index in [0.29, 0.717) is 23.7 Å². The summed E-state index contributed by atoms with van der Waals surface area (Å²) in [6.45, 7) is -0.149. The van der Waals surface area contributed by atoms with E-state index in [2.05, 4.69) is 15.3 Å². The maximum atomic E-state index is 12.0. The van der Waals surface area contributed by atoms with Crippen LogP contribution in [0.3, 0.4) is 0 Å². The van der Waals surface area contributed by atoms with Gasteiger partial charge in [0.25, 0.3) is 5.91 Å². The number of nitrogens with one attached hydrogen (secondary N) is 2. The molecule has 0 atom stereocenters. The zero-order valence-electron chi connectivity index (χ0n) is 12.8. The van der Waals surface area contributed by atoms with Crippen LogP contribution in [0.15, 0.2) is 42.5 Å². The fraction of sp³-hybridized carbons (Fsp3) is 0.167. The number of ketones is 1. The molecule has 4 rings (SSSR count). The summed E-state index contributed by atoms with van der Waals surface area (Å²) in [5, 5.41) is 2.67. The van der Waals surface area contributed by atoms with Crippen molar-refractivity contribution in [3.63, 3.8) is 0 Å². The number of Topliss-reactive ketones (excluding diaryl/α,β-unsaturated/α-hetero) is 1. The number of nitrogens with zero attached hydrogens (tertiary/aromatic N) is 1. The Hall–Kier alpha value is -3.15. The first-order chi connectivity index (χ1) is 11.7. The summed E-state index contributed by atoms with van der Waals surface area (Å²) in [4.78, 5) is 31.0. The summed E-state index contributed by atoms with van der Waals surface area (Å²) in [6, 6.07) is 12.9. The molecule has 0 fully saturated rings. The summed E-state index contributed by atoms with van der Waals surface area (Å²) in [6.07, 6.45) is 1.33. The van der Waals surface area contributed by atoms with Crippen molar-refractivity contribution in [1.82, 2.24) is 9.97 Å². The fourth-order valence-electron chi connectivity index (χ4n) is 2.83. The molecule has 0 saturated carbocycles. The molecule has 2 aromatic carbocycles. The molecule has 0 spiro atoms. The summed E-state index contributed by atoms with van der Waals surface area (Å²) < 4.78 is 5.48. The number of rotatable bonds is 4. The minimum atomic E-state index is -0.319. The smallest absolute Gasteiger partial charge is 0.264 e. The first kappa shape index (κ1) is 14.4. The van der Waals surface area contributed by atoms with Crippen molar-refractivity contribution in [2.75, 3.05) is 11.9 Å². The van der Waals surface area contributed by atoms with Gasteiger partial charge in [0.15, 0.2) is 12.4 Å². The number of carbonyl (C=O) groups excluding carboxylic acids is 2. The van der Waals surface area contributed by atoms with Crippen LogP contribution in [-0.2, 0) is 11.2 Å². The highest BCUT2D eigenvalue weighted by Crippen LogP contribution is 2.26. The number of carbonyl (C=O) groups is 2. The number of anilines is 1. The molecule has 2 N–H and O–H groups in total. The van der Waals surface area contributed by atoms with Gasteiger partial charge in [-0.3, -0.25) is 14.9 Å². The maximum absolute atomic E-state index is 12.0. The van der Waals surface area contributed by atoms with Gasteiger partial charge in [0.1, 0.15) is 5.75 Å². The predicted octanol–water partition coefficient (Wildman–Crippen LogP) is 2.71. The van der Waals surface area contributed by atoms with Crippen LogP contribution in [0.25, 0.3) is 11.0 Å². The van der Waals surface area contributed by atoms with E-state index in [1.807, 2.05) is 30.3 Å². The standard InChI is InChI=1S/C18H15N3O3/c22-16-8-6-11-5-7-12(9-13(11)16)24-10-17(23)21-18-19-14-3-1-2-4-15(14)20-18/h1-5,7,9H,6,8,10H2,(H2,19,20,21,23). The van der Waals surface area contributed by atoms with E-state index in [1.165, 1.54) is 0 Å². The number of hydrogen-bond donors (Lipinski definition) is 2. The lowest BCUT2D eigenvalue weighted by Gasteiger charge is -2.07. The van der Waals surface area contributed by atoms with Gasteiger partial charge in [0.2, 0.25) is 5.95 Å². The van der Waals surface area contributed by atoms with Crippen LogP contribution in [-0.4, -0.2) is 28.3 Å². The van der Waals surface area contributed by atoms with Crippen molar-refractivity contribution >= 4 is 28.7 Å². The Morgan fingerprint density at radius 3 is 2.96 bits per heavy atom. The van der Waals surface area contributed by atoms with E-state index in [0.717, 1.165) is 23.0 Å². The van der Waals surface area contributed by atoms with Crippen molar-refractivity contribution in [2.24, 2.45) is 0 Å². The van der Waals surface area contributed by atoms with Crippen molar-refractivity contribution in [3.8, 4) is 5.75 Å². The van der Waals surface area contributed by atoms with Gasteiger partial charge < -0.3 is 9.72 Å². The largest absolute Gasteiger partial charge is 0.484 e. The summed E-state index contributed by atoms with van der Waals surface area (Å²) in [5.41, 5.74) is 3.38. The molecule has 0 radical (unpaired) electrons. The molecule has 6 nitrogen and oxygen atoms in total. The lowest BCUT2D eigenvalue weighted by Crippen LogP contribution is -2.20. The van der Waals surface area contributed by atoms with Crippen LogP contribution in [0, 0.1) is 0 Å². The first-order valence-electron chi connectivity index (χ1n) is 7.72. The molecule has 3 aromatic rings. The van der Waals surface area contributed by atoms with Crippen LogP contribution < -0.4 is 10.1 Å². The lowest BCUT2D eigenvalue weighted by atomic mass is 10.1. The summed E-state index contributed by atoms with van der Waals surface area (Å²) in [5.74, 6) is 0.709. The van der Waals surface area contributed by atoms with E-state index in [1.54, 1.807) is 12.1 Å². The molecule has 0 unspecified atom stereocenters. The van der Waals surface area contributed by atoms with E-state index in [-0.39, 0.29) is 18.3 Å². The topological polar surface area (TPSA) is 84.1 Å². The number of benzene rings is 2. The minimum Gasteiger partial charge on any atom is -0.484 e. The van der Waals surface area contributed by atoms with Crippen molar-refractivity contribution < 1.29 is 14.3 Å². The Balaban J connectivity index is 1.40. The van der Waals surface area contributed by atoms with Crippen LogP contribution in [0.5, 0.6) is 5.75 Å². The van der Waals surface area contributed by atoms with Gasteiger partial charge in [-0.1, -0.05) is 18.2 Å². The van der Waals surface area contributed by atoms with Crippen molar-refractivity contribution in [3.05, 3.63) is 53.6 Å². The number of amides is 1. The van der Waals surface area contributed by atoms with E-state index in [4.69, 9.17) is 4.74 Å². The Morgan fingerprint density at radius 1 is 1.21 bits per heavy atom. The number of fused-ring (bicyclic) bond motifs is 2. The van der Waals surface area contributed by atoms with Gasteiger partial charge in [-0.05, 0) is 36.2 Å². The van der Waals surface area contributed by atoms with Gasteiger partial charge in [-0.2, -0.15) is 0 Å². The molecular formula is C18H15N3O3. The number of ether oxygens (including phenoxy) is 1. The zero-order chi connectivity index (χ0) is 16.5. The normalized spacial score (nSPS) is 13.1. The second-order valence-electron chi connectivity index (χ2n) is 5.68. The quantitative estimate of drug-likeness (QED) is 0.774. The Bertz CT molecular complexity index is 913. The van der Waals surface area contributed by atoms with E-state index < -0.39 is 0 Å². The fourth-order valence-corrected chi connectivity index (χ4v) is 2.83. The lowest BCUT2D eigenvalue weighted by molar-refractivity contribution is -0.118. The van der Waals surface area contributed by atoms with Crippen LogP contribution in [0.2, 0.25) is 0 Å². The first-order valence-corrected chi connectivity index (χ1v) is 7.72. The molecular weight excluding hydrogens is 306 g/mol. The van der Waals surface area contributed by atoms with Crippen LogP contribution >= 0.6 is 0 Å². The second-order valence-corrected chi connectivity index (χ2v) is 5.68. The molecule has 0 saturated heterocycles. The molecule has 1 aromatic heterocycles. The van der Waals surface area contributed by atoms with Gasteiger partial charge in [0.05, 0.1) is 11.0 Å². The number of hydrogen-bond acceptors (Lipinski definition) is 4. The zero-order valence-corrected chi connectivity index (χ0v) is 12.8. The average Bonchev–Trinajstić information content (AvgIpc) is 3.16. The predicted molar refractivity (Wildman–Crippen MR) is 89.3 cm³/mol. The molecule has 1 aliphatic rings.